The molecule has 48 heavy (non-hydrogen) atoms. The van der Waals surface area contributed by atoms with E-state index in [0.717, 1.165) is 5.56 Å². The van der Waals surface area contributed by atoms with Gasteiger partial charge in [-0.25, -0.2) is 0 Å². The molecule has 2 aromatic rings. The maximum atomic E-state index is 14.9. The molecule has 2 N–H and O–H groups in total. The van der Waals surface area contributed by atoms with Crippen molar-refractivity contribution < 1.29 is 33.8 Å². The number of rotatable bonds is 5. The van der Waals surface area contributed by atoms with Crippen LogP contribution in [0.5, 0.6) is 0 Å². The number of benzene rings is 2. The number of ether oxygens (including phenoxy) is 2. The first kappa shape index (κ1) is 33.6. The van der Waals surface area contributed by atoms with Gasteiger partial charge in [-0.2, -0.15) is 0 Å². The van der Waals surface area contributed by atoms with Crippen LogP contribution in [0.4, 0.5) is 0 Å². The van der Waals surface area contributed by atoms with Gasteiger partial charge in [0.1, 0.15) is 23.7 Å². The number of carbonyl (C=O) groups excluding carboxylic acids is 4. The minimum atomic E-state index is -1.50. The molecule has 0 bridgehead atoms. The number of hydrogen-bond acceptors (Lipinski definition) is 7. The van der Waals surface area contributed by atoms with E-state index in [1.165, 1.54) is 4.90 Å². The number of aliphatic hydroxyl groups excluding tert-OH is 1. The molecule has 0 unspecified atom stereocenters. The second-order valence-electron chi connectivity index (χ2n) is 14.2. The summed E-state index contributed by atoms with van der Waals surface area (Å²) in [7, 11) is 0. The quantitative estimate of drug-likeness (QED) is 0.373. The number of nitrogens with one attached hydrogen (secondary N) is 1. The number of carbonyl (C=O) groups is 4. The second-order valence-corrected chi connectivity index (χ2v) is 14.2. The third-order valence-corrected chi connectivity index (χ3v) is 10.0. The Hall–Kier alpha value is -4.28. The number of amides is 3. The fourth-order valence-corrected chi connectivity index (χ4v) is 7.78. The number of cyclic esters (lactones) is 1. The smallest absolute Gasteiger partial charge is 0.313 e. The van der Waals surface area contributed by atoms with Crippen LogP contribution in [0.15, 0.2) is 85.0 Å². The maximum Gasteiger partial charge on any atom is 0.313 e. The maximum absolute atomic E-state index is 14.9. The molecule has 10 heteroatoms. The van der Waals surface area contributed by atoms with Crippen LogP contribution in [-0.4, -0.2) is 87.1 Å². The van der Waals surface area contributed by atoms with E-state index in [2.05, 4.69) is 5.32 Å². The molecule has 3 amide bonds. The zero-order valence-electron chi connectivity index (χ0n) is 28.0. The Morgan fingerprint density at radius 2 is 1.67 bits per heavy atom. The van der Waals surface area contributed by atoms with Crippen molar-refractivity contribution in [1.29, 1.82) is 0 Å². The summed E-state index contributed by atoms with van der Waals surface area (Å²) in [5.41, 5.74) is -0.493. The molecule has 254 valence electrons. The average Bonchev–Trinajstić information content (AvgIpc) is 3.44. The van der Waals surface area contributed by atoms with Crippen molar-refractivity contribution in [2.24, 2.45) is 11.8 Å². The summed E-state index contributed by atoms with van der Waals surface area (Å²) < 4.78 is 13.1. The Labute approximate surface area is 281 Å². The van der Waals surface area contributed by atoms with Crippen molar-refractivity contribution in [2.75, 3.05) is 13.2 Å². The van der Waals surface area contributed by atoms with Crippen LogP contribution in [0.25, 0.3) is 0 Å². The topological polar surface area (TPSA) is 125 Å². The number of esters is 1. The number of aliphatic hydroxyl groups is 1. The molecule has 4 aliphatic heterocycles. The van der Waals surface area contributed by atoms with Gasteiger partial charge in [0.2, 0.25) is 17.7 Å². The fourth-order valence-electron chi connectivity index (χ4n) is 7.78. The molecule has 2 fully saturated rings. The lowest BCUT2D eigenvalue weighted by atomic mass is 9.77. The third-order valence-electron chi connectivity index (χ3n) is 10.0. The summed E-state index contributed by atoms with van der Waals surface area (Å²) in [6, 6.07) is 16.2. The molecule has 1 spiro atoms. The monoisotopic (exact) mass is 655 g/mol. The van der Waals surface area contributed by atoms with Crippen molar-refractivity contribution in [3.05, 3.63) is 96.1 Å². The van der Waals surface area contributed by atoms with Gasteiger partial charge in [-0.05, 0) is 51.7 Å². The first-order chi connectivity index (χ1) is 23.0. The summed E-state index contributed by atoms with van der Waals surface area (Å²) in [6.07, 6.45) is 6.33. The summed E-state index contributed by atoms with van der Waals surface area (Å²) in [6.45, 7) is 7.50. The SMILES string of the molecule is C[C@@H]1NC(=O)CC/C=C\[C@@H]2O[C@@]34C=CCN(C(C)(C)C)C(=O)[C@@H]3N([C@@H](CO)Cc3ccccc3)C(=O)[C@H]4[C@@H]2C(=O)O[C@H]1c1ccccc1. The molecular formula is C38H45N3O7. The Bertz CT molecular complexity index is 1590. The van der Waals surface area contributed by atoms with Gasteiger partial charge in [0, 0.05) is 18.5 Å². The van der Waals surface area contributed by atoms with Crippen molar-refractivity contribution >= 4 is 23.7 Å². The van der Waals surface area contributed by atoms with E-state index < -0.39 is 71.8 Å². The van der Waals surface area contributed by atoms with Gasteiger partial charge in [0.15, 0.2) is 0 Å². The molecule has 0 radical (unpaired) electrons. The molecule has 4 aliphatic rings. The average molecular weight is 656 g/mol. The van der Waals surface area contributed by atoms with Crippen LogP contribution >= 0.6 is 0 Å². The Morgan fingerprint density at radius 3 is 2.33 bits per heavy atom. The number of allylic oxidation sites excluding steroid dienone is 1. The zero-order chi connectivity index (χ0) is 34.2. The molecule has 6 rings (SSSR count). The minimum absolute atomic E-state index is 0.178. The van der Waals surface area contributed by atoms with Crippen LogP contribution in [0.3, 0.4) is 0 Å². The lowest BCUT2D eigenvalue weighted by Crippen LogP contribution is -2.61. The molecule has 2 saturated heterocycles. The number of nitrogens with zero attached hydrogens (tertiary/aromatic N) is 2. The summed E-state index contributed by atoms with van der Waals surface area (Å²) in [5, 5.41) is 13.8. The lowest BCUT2D eigenvalue weighted by molar-refractivity contribution is -0.162. The lowest BCUT2D eigenvalue weighted by Gasteiger charge is -2.42. The fraction of sp³-hybridized carbons (Fsp3) is 0.474. The van der Waals surface area contributed by atoms with Crippen LogP contribution in [-0.2, 0) is 35.1 Å². The van der Waals surface area contributed by atoms with Gasteiger partial charge in [0.05, 0.1) is 30.7 Å². The highest BCUT2D eigenvalue weighted by molar-refractivity contribution is 5.99. The van der Waals surface area contributed by atoms with Crippen LogP contribution in [0.2, 0.25) is 0 Å². The molecule has 0 saturated carbocycles. The molecule has 10 nitrogen and oxygen atoms in total. The normalized spacial score (nSPS) is 32.2. The Morgan fingerprint density at radius 1 is 0.979 bits per heavy atom. The minimum Gasteiger partial charge on any atom is -0.455 e. The van der Waals surface area contributed by atoms with Gasteiger partial charge >= 0.3 is 5.97 Å². The van der Waals surface area contributed by atoms with E-state index in [1.807, 2.05) is 87.5 Å². The van der Waals surface area contributed by atoms with E-state index in [9.17, 15) is 24.3 Å². The summed E-state index contributed by atoms with van der Waals surface area (Å²) in [4.78, 5) is 60.2. The molecule has 8 atom stereocenters. The predicted octanol–water partition coefficient (Wildman–Crippen LogP) is 3.51. The first-order valence-electron chi connectivity index (χ1n) is 16.8. The van der Waals surface area contributed by atoms with E-state index in [-0.39, 0.29) is 24.8 Å². The standard InChI is InChI=1S/C38H45N3O7/c1-24-32(26-16-9-6-10-17-26)47-36(46)30-28(18-11-12-19-29(43)39-24)48-38-20-13-21-40(37(2,3)4)35(45)33(38)41(34(44)31(30)38)27(23-42)22-25-14-7-5-8-15-25/h5-11,13-18,20,24,27-28,30-33,42H,12,19,21-23H2,1-4H3,(H,39,43)/b18-11-/t24-,27+,28-,30+,31+,32+,33-,38+/m0/s1. The number of likely N-dealkylation sites (tertiary alicyclic amines) is 1. The largest absolute Gasteiger partial charge is 0.455 e. The van der Waals surface area contributed by atoms with Crippen LogP contribution in [0.1, 0.15) is 57.8 Å². The molecule has 4 heterocycles. The highest BCUT2D eigenvalue weighted by atomic mass is 16.6. The van der Waals surface area contributed by atoms with Crippen molar-refractivity contribution in [2.45, 2.75) is 88.4 Å². The van der Waals surface area contributed by atoms with E-state index in [0.29, 0.717) is 18.4 Å². The van der Waals surface area contributed by atoms with E-state index in [1.54, 1.807) is 30.1 Å². The number of hydrogen-bond donors (Lipinski definition) is 2. The first-order valence-corrected chi connectivity index (χ1v) is 16.8. The van der Waals surface area contributed by atoms with Gasteiger partial charge in [-0.1, -0.05) is 85.0 Å². The Balaban J connectivity index is 1.47. The highest BCUT2D eigenvalue weighted by Gasteiger charge is 2.73. The van der Waals surface area contributed by atoms with Crippen molar-refractivity contribution in [3.63, 3.8) is 0 Å². The van der Waals surface area contributed by atoms with Gasteiger partial charge in [0.25, 0.3) is 0 Å². The number of fused-ring (bicyclic) bond motifs is 2. The zero-order valence-corrected chi connectivity index (χ0v) is 28.0. The van der Waals surface area contributed by atoms with Crippen LogP contribution in [0, 0.1) is 11.8 Å². The van der Waals surface area contributed by atoms with Gasteiger partial charge < -0.3 is 29.7 Å². The summed E-state index contributed by atoms with van der Waals surface area (Å²) in [5.74, 6) is -3.77. The Kier molecular flexibility index (Phi) is 9.33. The van der Waals surface area contributed by atoms with Crippen molar-refractivity contribution in [1.82, 2.24) is 15.1 Å². The van der Waals surface area contributed by atoms with E-state index in [4.69, 9.17) is 9.47 Å². The molecule has 0 aliphatic carbocycles. The predicted molar refractivity (Wildman–Crippen MR) is 178 cm³/mol. The third kappa shape index (κ3) is 6.07. The molecule has 0 aromatic heterocycles. The molecular weight excluding hydrogens is 610 g/mol. The molecule has 2 aromatic carbocycles. The van der Waals surface area contributed by atoms with Gasteiger partial charge in [-0.15, -0.1) is 0 Å². The van der Waals surface area contributed by atoms with Crippen LogP contribution < -0.4 is 5.32 Å². The van der Waals surface area contributed by atoms with Gasteiger partial charge in [-0.3, -0.25) is 19.2 Å². The second kappa shape index (κ2) is 13.3. The highest BCUT2D eigenvalue weighted by Crippen LogP contribution is 2.54. The van der Waals surface area contributed by atoms with Crippen molar-refractivity contribution in [3.8, 4) is 0 Å². The van der Waals surface area contributed by atoms with E-state index >= 15 is 0 Å². The summed E-state index contributed by atoms with van der Waals surface area (Å²) >= 11 is 0.